The van der Waals surface area contributed by atoms with Crippen molar-refractivity contribution in [2.75, 3.05) is 32.7 Å². The fourth-order valence-electron chi connectivity index (χ4n) is 3.48. The number of halogens is 3. The van der Waals surface area contributed by atoms with E-state index < -0.39 is 17.6 Å². The first-order valence-electron chi connectivity index (χ1n) is 9.77. The second-order valence-corrected chi connectivity index (χ2v) is 8.20. The number of carbonyl (C=O) groups is 2. The number of carbonyl (C=O) groups excluding carboxylic acids is 2. The van der Waals surface area contributed by atoms with Gasteiger partial charge in [-0.1, -0.05) is 18.2 Å². The van der Waals surface area contributed by atoms with Crippen molar-refractivity contribution in [1.82, 2.24) is 15.1 Å². The maximum Gasteiger partial charge on any atom is 0.417 e. The highest BCUT2D eigenvalue weighted by Crippen LogP contribution is 2.32. The fourth-order valence-corrected chi connectivity index (χ4v) is 4.19. The lowest BCUT2D eigenvalue weighted by atomic mass is 10.1. The van der Waals surface area contributed by atoms with Crippen molar-refractivity contribution < 1.29 is 22.8 Å². The molecule has 0 aliphatic carbocycles. The summed E-state index contributed by atoms with van der Waals surface area (Å²) in [4.78, 5) is 29.6. The van der Waals surface area contributed by atoms with E-state index in [2.05, 4.69) is 5.32 Å². The number of hydrogen-bond donors (Lipinski definition) is 1. The Balaban J connectivity index is 1.52. The molecular weight excluding hydrogens is 415 g/mol. The van der Waals surface area contributed by atoms with Crippen LogP contribution in [0.25, 0.3) is 0 Å². The lowest BCUT2D eigenvalue weighted by Gasteiger charge is -2.37. The molecule has 162 valence electrons. The van der Waals surface area contributed by atoms with Crippen LogP contribution in [0.1, 0.15) is 27.7 Å². The average Bonchev–Trinajstić information content (AvgIpc) is 3.25. The van der Waals surface area contributed by atoms with Crippen LogP contribution in [0.3, 0.4) is 0 Å². The van der Waals surface area contributed by atoms with E-state index in [1.807, 2.05) is 22.4 Å². The molecule has 30 heavy (non-hydrogen) atoms. The van der Waals surface area contributed by atoms with Crippen LogP contribution in [0.2, 0.25) is 0 Å². The van der Waals surface area contributed by atoms with Gasteiger partial charge in [-0.2, -0.15) is 13.2 Å². The first-order valence-corrected chi connectivity index (χ1v) is 10.6. The molecule has 5 nitrogen and oxygen atoms in total. The smallest absolute Gasteiger partial charge is 0.354 e. The quantitative estimate of drug-likeness (QED) is 0.752. The van der Waals surface area contributed by atoms with Crippen molar-refractivity contribution in [1.29, 1.82) is 0 Å². The maximum absolute atomic E-state index is 13.2. The van der Waals surface area contributed by atoms with Crippen LogP contribution in [0, 0.1) is 0 Å². The van der Waals surface area contributed by atoms with Crippen molar-refractivity contribution in [2.24, 2.45) is 0 Å². The number of piperazine rings is 1. The molecule has 2 aromatic rings. The van der Waals surface area contributed by atoms with Gasteiger partial charge in [0.2, 0.25) is 5.91 Å². The molecule has 1 unspecified atom stereocenters. The predicted octanol–water partition coefficient (Wildman–Crippen LogP) is 3.27. The summed E-state index contributed by atoms with van der Waals surface area (Å²) in [5, 5.41) is 4.92. The zero-order valence-corrected chi connectivity index (χ0v) is 17.4. The largest absolute Gasteiger partial charge is 0.417 e. The number of hydrogen-bond acceptors (Lipinski definition) is 4. The van der Waals surface area contributed by atoms with Crippen LogP contribution in [0.15, 0.2) is 41.8 Å². The Morgan fingerprint density at radius 2 is 1.80 bits per heavy atom. The van der Waals surface area contributed by atoms with Gasteiger partial charge < -0.3 is 10.2 Å². The number of amides is 2. The number of benzene rings is 1. The summed E-state index contributed by atoms with van der Waals surface area (Å²) in [6, 6.07) is 8.46. The molecule has 3 rings (SSSR count). The summed E-state index contributed by atoms with van der Waals surface area (Å²) in [6.07, 6.45) is -3.80. The third-order valence-electron chi connectivity index (χ3n) is 5.24. The van der Waals surface area contributed by atoms with Gasteiger partial charge in [0.25, 0.3) is 5.91 Å². The van der Waals surface area contributed by atoms with Crippen LogP contribution in [0.4, 0.5) is 13.2 Å². The molecule has 0 radical (unpaired) electrons. The molecule has 0 bridgehead atoms. The Labute approximate surface area is 177 Å². The molecule has 0 spiro atoms. The average molecular weight is 440 g/mol. The molecule has 1 N–H and O–H groups in total. The van der Waals surface area contributed by atoms with Crippen molar-refractivity contribution in [3.63, 3.8) is 0 Å². The fraction of sp³-hybridized carbons (Fsp3) is 0.429. The van der Waals surface area contributed by atoms with E-state index in [0.717, 1.165) is 12.5 Å². The Bertz CT molecular complexity index is 863. The summed E-state index contributed by atoms with van der Waals surface area (Å²) in [6.45, 7) is 3.77. The molecular formula is C21H24F3N3O2S. The Morgan fingerprint density at radius 1 is 1.10 bits per heavy atom. The number of rotatable bonds is 6. The molecule has 1 aliphatic rings. The second kappa shape index (κ2) is 9.61. The van der Waals surface area contributed by atoms with E-state index in [1.54, 1.807) is 18.3 Å². The monoisotopic (exact) mass is 439 g/mol. The topological polar surface area (TPSA) is 52.7 Å². The van der Waals surface area contributed by atoms with E-state index in [0.29, 0.717) is 19.6 Å². The minimum Gasteiger partial charge on any atom is -0.354 e. The summed E-state index contributed by atoms with van der Waals surface area (Å²) in [5.41, 5.74) is -1.26. The maximum atomic E-state index is 13.2. The second-order valence-electron chi connectivity index (χ2n) is 7.17. The zero-order valence-electron chi connectivity index (χ0n) is 16.6. The molecule has 1 aliphatic heterocycles. The van der Waals surface area contributed by atoms with E-state index in [4.69, 9.17) is 0 Å². The van der Waals surface area contributed by atoms with Crippen molar-refractivity contribution in [2.45, 2.75) is 25.6 Å². The molecule has 9 heteroatoms. The van der Waals surface area contributed by atoms with Gasteiger partial charge in [0, 0.05) is 37.6 Å². The SMILES string of the molecule is CC(C(=O)NCCc1cccs1)N1CCN(C(=O)c2ccccc2C(F)(F)F)CC1. The minimum atomic E-state index is -4.58. The summed E-state index contributed by atoms with van der Waals surface area (Å²) < 4.78 is 39.6. The lowest BCUT2D eigenvalue weighted by molar-refractivity contribution is -0.138. The standard InChI is InChI=1S/C21H24F3N3O2S/c1-15(19(28)25-9-8-16-5-4-14-30-16)26-10-12-27(13-11-26)20(29)17-6-2-3-7-18(17)21(22,23)24/h2-7,14-15H,8-13H2,1H3,(H,25,28). The molecule has 0 saturated carbocycles. The van der Waals surface area contributed by atoms with Crippen LogP contribution in [-0.2, 0) is 17.4 Å². The number of thiophene rings is 1. The van der Waals surface area contributed by atoms with E-state index in [-0.39, 0.29) is 30.6 Å². The Kier molecular flexibility index (Phi) is 7.14. The predicted molar refractivity (Wildman–Crippen MR) is 109 cm³/mol. The van der Waals surface area contributed by atoms with Crippen molar-refractivity contribution in [3.05, 3.63) is 57.8 Å². The van der Waals surface area contributed by atoms with Gasteiger partial charge in [-0.25, -0.2) is 0 Å². The van der Waals surface area contributed by atoms with Gasteiger partial charge in [0.15, 0.2) is 0 Å². The highest BCUT2D eigenvalue weighted by Gasteiger charge is 2.36. The summed E-state index contributed by atoms with van der Waals surface area (Å²) >= 11 is 1.64. The number of nitrogens with one attached hydrogen (secondary N) is 1. The lowest BCUT2D eigenvalue weighted by Crippen LogP contribution is -2.55. The van der Waals surface area contributed by atoms with Crippen LogP contribution < -0.4 is 5.32 Å². The highest BCUT2D eigenvalue weighted by molar-refractivity contribution is 7.09. The normalized spacial score (nSPS) is 16.3. The molecule has 1 aromatic heterocycles. The Morgan fingerprint density at radius 3 is 2.43 bits per heavy atom. The third kappa shape index (κ3) is 5.40. The first-order chi connectivity index (χ1) is 14.3. The minimum absolute atomic E-state index is 0.0891. The molecule has 1 aromatic carbocycles. The number of alkyl halides is 3. The molecule has 1 fully saturated rings. The van der Waals surface area contributed by atoms with Crippen LogP contribution in [-0.4, -0.2) is 60.4 Å². The molecule has 2 heterocycles. The molecule has 2 amide bonds. The van der Waals surface area contributed by atoms with Crippen molar-refractivity contribution in [3.8, 4) is 0 Å². The van der Waals surface area contributed by atoms with Crippen molar-refractivity contribution >= 4 is 23.2 Å². The zero-order chi connectivity index (χ0) is 21.7. The van der Waals surface area contributed by atoms with Gasteiger partial charge >= 0.3 is 6.18 Å². The van der Waals surface area contributed by atoms with Gasteiger partial charge in [-0.15, -0.1) is 11.3 Å². The van der Waals surface area contributed by atoms with E-state index in [9.17, 15) is 22.8 Å². The van der Waals surface area contributed by atoms with Crippen LogP contribution in [0.5, 0.6) is 0 Å². The third-order valence-corrected chi connectivity index (χ3v) is 6.18. The summed E-state index contributed by atoms with van der Waals surface area (Å²) in [7, 11) is 0. The van der Waals surface area contributed by atoms with Crippen LogP contribution >= 0.6 is 11.3 Å². The summed E-state index contributed by atoms with van der Waals surface area (Å²) in [5.74, 6) is -0.718. The molecule has 1 saturated heterocycles. The molecule has 1 atom stereocenters. The van der Waals surface area contributed by atoms with Gasteiger partial charge in [-0.05, 0) is 36.9 Å². The van der Waals surface area contributed by atoms with Gasteiger partial charge in [0.1, 0.15) is 0 Å². The van der Waals surface area contributed by atoms with Gasteiger partial charge in [-0.3, -0.25) is 14.5 Å². The highest BCUT2D eigenvalue weighted by atomic mass is 32.1. The van der Waals surface area contributed by atoms with E-state index >= 15 is 0 Å². The first kappa shape index (κ1) is 22.3. The Hall–Kier alpha value is -2.39. The van der Waals surface area contributed by atoms with E-state index in [1.165, 1.54) is 28.0 Å². The van der Waals surface area contributed by atoms with Gasteiger partial charge in [0.05, 0.1) is 17.2 Å². The number of nitrogens with zero attached hydrogens (tertiary/aromatic N) is 2.